The highest BCUT2D eigenvalue weighted by atomic mass is 79.9. The summed E-state index contributed by atoms with van der Waals surface area (Å²) in [7, 11) is 0. The summed E-state index contributed by atoms with van der Waals surface area (Å²) in [5.41, 5.74) is 5.69. The number of hydrogen-bond acceptors (Lipinski definition) is 5. The first-order valence-corrected chi connectivity index (χ1v) is 6.80. The van der Waals surface area contributed by atoms with Crippen LogP contribution >= 0.6 is 15.9 Å². The van der Waals surface area contributed by atoms with Crippen molar-refractivity contribution in [1.82, 2.24) is 14.9 Å². The molecule has 1 aliphatic carbocycles. The lowest BCUT2D eigenvalue weighted by molar-refractivity contribution is 0.326. The molecule has 3 N–H and O–H groups in total. The maximum Gasteiger partial charge on any atom is 0.225 e. The summed E-state index contributed by atoms with van der Waals surface area (Å²) in [5.74, 6) is 1.12. The zero-order chi connectivity index (χ0) is 11.8. The Labute approximate surface area is 109 Å². The molecule has 1 saturated heterocycles. The van der Waals surface area contributed by atoms with Crippen molar-refractivity contribution in [1.29, 1.82) is 0 Å². The van der Waals surface area contributed by atoms with Crippen molar-refractivity contribution < 1.29 is 0 Å². The van der Waals surface area contributed by atoms with Crippen molar-refractivity contribution >= 4 is 27.7 Å². The Balaban J connectivity index is 1.62. The largest absolute Gasteiger partial charge is 0.383 e. The molecule has 3 rings (SSSR count). The number of nitrogens with zero attached hydrogens (tertiary/aromatic N) is 3. The number of nitrogens with one attached hydrogen (secondary N) is 1. The fourth-order valence-corrected chi connectivity index (χ4v) is 2.76. The van der Waals surface area contributed by atoms with Gasteiger partial charge >= 0.3 is 0 Å². The molecule has 1 aromatic heterocycles. The minimum Gasteiger partial charge on any atom is -0.383 e. The molecular formula is C11H16BrN5. The van der Waals surface area contributed by atoms with Gasteiger partial charge in [0.1, 0.15) is 10.4 Å². The zero-order valence-corrected chi connectivity index (χ0v) is 11.2. The third kappa shape index (κ3) is 2.69. The van der Waals surface area contributed by atoms with Gasteiger partial charge in [0.25, 0.3) is 0 Å². The molecule has 1 aromatic rings. The fourth-order valence-electron chi connectivity index (χ4n) is 2.36. The van der Waals surface area contributed by atoms with Gasteiger partial charge in [-0.05, 0) is 35.2 Å². The van der Waals surface area contributed by atoms with Gasteiger partial charge in [-0.2, -0.15) is 4.98 Å². The molecule has 0 amide bonds. The highest BCUT2D eigenvalue weighted by Crippen LogP contribution is 2.30. The van der Waals surface area contributed by atoms with Crippen molar-refractivity contribution in [2.45, 2.75) is 31.3 Å². The molecule has 0 bridgehead atoms. The summed E-state index contributed by atoms with van der Waals surface area (Å²) in [6.07, 6.45) is 3.90. The van der Waals surface area contributed by atoms with Crippen LogP contribution < -0.4 is 11.1 Å². The minimum absolute atomic E-state index is 0.448. The molecule has 2 heterocycles. The number of aromatic nitrogens is 2. The van der Waals surface area contributed by atoms with Crippen LogP contribution in [0.5, 0.6) is 0 Å². The number of nitrogens with two attached hydrogens (primary N) is 1. The van der Waals surface area contributed by atoms with Gasteiger partial charge in [0.15, 0.2) is 0 Å². The standard InChI is InChI=1S/C11H16BrN5/c12-9-5-10(13)16-11(15-9)14-7-3-4-17(6-7)8-1-2-8/h5,7-8H,1-4,6H2,(H3,13,14,15,16). The molecule has 0 spiro atoms. The summed E-state index contributed by atoms with van der Waals surface area (Å²) in [6.45, 7) is 2.28. The predicted octanol–water partition coefficient (Wildman–Crippen LogP) is 1.47. The zero-order valence-electron chi connectivity index (χ0n) is 9.56. The van der Waals surface area contributed by atoms with Crippen LogP contribution in [0.15, 0.2) is 10.7 Å². The molecule has 2 fully saturated rings. The average Bonchev–Trinajstić information content (AvgIpc) is 2.99. The lowest BCUT2D eigenvalue weighted by atomic mass is 10.3. The number of likely N-dealkylation sites (tertiary alicyclic amines) is 1. The van der Waals surface area contributed by atoms with Crippen LogP contribution in [0.2, 0.25) is 0 Å². The molecule has 2 aliphatic rings. The van der Waals surface area contributed by atoms with Crippen molar-refractivity contribution in [2.24, 2.45) is 0 Å². The van der Waals surface area contributed by atoms with Gasteiger partial charge in [-0.15, -0.1) is 0 Å². The molecule has 1 saturated carbocycles. The number of rotatable bonds is 3. The second-order valence-corrected chi connectivity index (χ2v) is 5.61. The second-order valence-electron chi connectivity index (χ2n) is 4.80. The maximum atomic E-state index is 5.69. The Hall–Kier alpha value is -0.880. The lowest BCUT2D eigenvalue weighted by Crippen LogP contribution is -2.28. The number of hydrogen-bond donors (Lipinski definition) is 2. The predicted molar refractivity (Wildman–Crippen MR) is 70.8 cm³/mol. The molecule has 6 heteroatoms. The Morgan fingerprint density at radius 2 is 2.18 bits per heavy atom. The minimum atomic E-state index is 0.448. The third-order valence-electron chi connectivity index (χ3n) is 3.33. The third-order valence-corrected chi connectivity index (χ3v) is 3.74. The van der Waals surface area contributed by atoms with Gasteiger partial charge in [0, 0.05) is 31.2 Å². The molecule has 0 aromatic carbocycles. The number of halogens is 1. The van der Waals surface area contributed by atoms with Crippen LogP contribution in [0.25, 0.3) is 0 Å². The molecule has 1 aliphatic heterocycles. The van der Waals surface area contributed by atoms with Gasteiger partial charge in [0.2, 0.25) is 5.95 Å². The lowest BCUT2D eigenvalue weighted by Gasteiger charge is -2.15. The van der Waals surface area contributed by atoms with Gasteiger partial charge in [0.05, 0.1) is 0 Å². The summed E-state index contributed by atoms with van der Waals surface area (Å²) in [5, 5.41) is 3.36. The molecular weight excluding hydrogens is 282 g/mol. The highest BCUT2D eigenvalue weighted by Gasteiger charge is 2.34. The van der Waals surface area contributed by atoms with E-state index in [1.165, 1.54) is 19.4 Å². The molecule has 92 valence electrons. The quantitative estimate of drug-likeness (QED) is 0.827. The molecule has 1 unspecified atom stereocenters. The van der Waals surface area contributed by atoms with Gasteiger partial charge in [-0.3, -0.25) is 4.90 Å². The van der Waals surface area contributed by atoms with Crippen molar-refractivity contribution in [3.05, 3.63) is 10.7 Å². The van der Waals surface area contributed by atoms with E-state index in [0.29, 0.717) is 17.8 Å². The van der Waals surface area contributed by atoms with E-state index in [0.717, 1.165) is 23.6 Å². The van der Waals surface area contributed by atoms with Gasteiger partial charge in [-0.25, -0.2) is 4.98 Å². The highest BCUT2D eigenvalue weighted by molar-refractivity contribution is 9.10. The van der Waals surface area contributed by atoms with Crippen LogP contribution in [0, 0.1) is 0 Å². The molecule has 1 atom stereocenters. The monoisotopic (exact) mass is 297 g/mol. The van der Waals surface area contributed by atoms with Crippen molar-refractivity contribution in [3.63, 3.8) is 0 Å². The van der Waals surface area contributed by atoms with Crippen LogP contribution in [-0.4, -0.2) is 40.0 Å². The smallest absolute Gasteiger partial charge is 0.225 e. The maximum absolute atomic E-state index is 5.69. The van der Waals surface area contributed by atoms with E-state index in [2.05, 4.69) is 36.1 Å². The van der Waals surface area contributed by atoms with E-state index in [4.69, 9.17) is 5.73 Å². The molecule has 0 radical (unpaired) electrons. The molecule has 5 nitrogen and oxygen atoms in total. The van der Waals surface area contributed by atoms with Crippen LogP contribution in [-0.2, 0) is 0 Å². The van der Waals surface area contributed by atoms with Crippen LogP contribution in [0.1, 0.15) is 19.3 Å². The fraction of sp³-hybridized carbons (Fsp3) is 0.636. The topological polar surface area (TPSA) is 67.1 Å². The average molecular weight is 298 g/mol. The van der Waals surface area contributed by atoms with Crippen molar-refractivity contribution in [2.75, 3.05) is 24.1 Å². The first kappa shape index (κ1) is 11.2. The van der Waals surface area contributed by atoms with Crippen molar-refractivity contribution in [3.8, 4) is 0 Å². The van der Waals surface area contributed by atoms with Crippen LogP contribution in [0.4, 0.5) is 11.8 Å². The Morgan fingerprint density at radius 3 is 2.88 bits per heavy atom. The summed E-state index contributed by atoms with van der Waals surface area (Å²) < 4.78 is 0.726. The summed E-state index contributed by atoms with van der Waals surface area (Å²) in [6, 6.07) is 3.00. The van der Waals surface area contributed by atoms with Gasteiger partial charge < -0.3 is 11.1 Å². The molecule has 17 heavy (non-hydrogen) atoms. The van der Waals surface area contributed by atoms with E-state index in [-0.39, 0.29) is 0 Å². The Bertz CT molecular complexity index is 400. The second kappa shape index (κ2) is 4.42. The van der Waals surface area contributed by atoms with E-state index >= 15 is 0 Å². The van der Waals surface area contributed by atoms with Crippen LogP contribution in [0.3, 0.4) is 0 Å². The summed E-state index contributed by atoms with van der Waals surface area (Å²) in [4.78, 5) is 11.0. The first-order valence-electron chi connectivity index (χ1n) is 6.01. The van der Waals surface area contributed by atoms with E-state index in [1.54, 1.807) is 6.07 Å². The Kier molecular flexibility index (Phi) is 2.92. The summed E-state index contributed by atoms with van der Waals surface area (Å²) >= 11 is 3.33. The van der Waals surface area contributed by atoms with E-state index in [1.807, 2.05) is 0 Å². The first-order chi connectivity index (χ1) is 8.20. The number of anilines is 2. The SMILES string of the molecule is Nc1cc(Br)nc(NC2CCN(C3CC3)C2)n1. The van der Waals surface area contributed by atoms with Gasteiger partial charge in [-0.1, -0.05) is 0 Å². The Morgan fingerprint density at radius 1 is 1.35 bits per heavy atom. The van der Waals surface area contributed by atoms with E-state index < -0.39 is 0 Å². The number of nitrogen functional groups attached to an aromatic ring is 1. The van der Waals surface area contributed by atoms with E-state index in [9.17, 15) is 0 Å². The normalized spacial score (nSPS) is 25.1.